The van der Waals surface area contributed by atoms with E-state index in [0.29, 0.717) is 22.9 Å². The molecule has 2 amide bonds. The minimum atomic E-state index is -0.116. The highest BCUT2D eigenvalue weighted by Gasteiger charge is 2.32. The predicted molar refractivity (Wildman–Crippen MR) is 97.0 cm³/mol. The van der Waals surface area contributed by atoms with Crippen LogP contribution in [0.5, 0.6) is 0 Å². The van der Waals surface area contributed by atoms with Gasteiger partial charge < -0.3 is 10.2 Å². The fourth-order valence-electron chi connectivity index (χ4n) is 2.63. The maximum absolute atomic E-state index is 12.3. The molecule has 1 aliphatic heterocycles. The van der Waals surface area contributed by atoms with Crippen LogP contribution in [0.1, 0.15) is 26.9 Å². The van der Waals surface area contributed by atoms with Gasteiger partial charge in [0.05, 0.1) is 5.75 Å². The van der Waals surface area contributed by atoms with Gasteiger partial charge in [-0.2, -0.15) is 0 Å². The van der Waals surface area contributed by atoms with Crippen LogP contribution >= 0.6 is 23.4 Å². The zero-order chi connectivity index (χ0) is 17.1. The largest absolute Gasteiger partial charge is 0.355 e. The zero-order valence-corrected chi connectivity index (χ0v) is 14.7. The van der Waals surface area contributed by atoms with Crippen molar-refractivity contribution in [3.8, 4) is 0 Å². The number of halogens is 1. The van der Waals surface area contributed by atoms with Crippen LogP contribution < -0.4 is 5.32 Å². The van der Waals surface area contributed by atoms with Crippen LogP contribution in [0.2, 0.25) is 5.02 Å². The lowest BCUT2D eigenvalue weighted by molar-refractivity contribution is -0.128. The number of rotatable bonds is 4. The monoisotopic (exact) mass is 360 g/mol. The summed E-state index contributed by atoms with van der Waals surface area (Å²) in [6.45, 7) is 0.546. The molecule has 1 aliphatic rings. The molecule has 1 heterocycles. The van der Waals surface area contributed by atoms with Crippen LogP contribution in [0.3, 0.4) is 0 Å². The van der Waals surface area contributed by atoms with Crippen LogP contribution in [-0.2, 0) is 11.3 Å². The maximum atomic E-state index is 12.3. The zero-order valence-electron chi connectivity index (χ0n) is 13.2. The highest BCUT2D eigenvalue weighted by atomic mass is 35.5. The fraction of sp³-hybridized carbons (Fsp3) is 0.222. The Labute approximate surface area is 150 Å². The van der Waals surface area contributed by atoms with Crippen molar-refractivity contribution < 1.29 is 9.59 Å². The molecule has 0 bridgehead atoms. The average molecular weight is 361 g/mol. The molecule has 0 spiro atoms. The van der Waals surface area contributed by atoms with Crippen molar-refractivity contribution >= 4 is 35.2 Å². The van der Waals surface area contributed by atoms with E-state index >= 15 is 0 Å². The SMILES string of the molecule is CNC(=O)c1ccc([C@H]2SCC(=O)N2Cc2ccc(Cl)cc2)cc1. The summed E-state index contributed by atoms with van der Waals surface area (Å²) in [7, 11) is 1.61. The third-order valence-electron chi connectivity index (χ3n) is 3.92. The second kappa shape index (κ2) is 7.28. The van der Waals surface area contributed by atoms with Crippen molar-refractivity contribution in [2.45, 2.75) is 11.9 Å². The number of nitrogens with one attached hydrogen (secondary N) is 1. The molecule has 6 heteroatoms. The van der Waals surface area contributed by atoms with Crippen molar-refractivity contribution in [3.05, 3.63) is 70.2 Å². The van der Waals surface area contributed by atoms with E-state index in [2.05, 4.69) is 5.32 Å². The number of hydrogen-bond acceptors (Lipinski definition) is 3. The first-order chi connectivity index (χ1) is 11.6. The van der Waals surface area contributed by atoms with Gasteiger partial charge in [-0.25, -0.2) is 0 Å². The summed E-state index contributed by atoms with van der Waals surface area (Å²) in [4.78, 5) is 25.8. The van der Waals surface area contributed by atoms with Gasteiger partial charge in [-0.1, -0.05) is 35.9 Å². The van der Waals surface area contributed by atoms with Crippen molar-refractivity contribution in [2.75, 3.05) is 12.8 Å². The molecule has 0 aliphatic carbocycles. The number of nitrogens with zero attached hydrogens (tertiary/aromatic N) is 1. The Bertz CT molecular complexity index is 747. The minimum absolute atomic E-state index is 0.0353. The molecule has 2 aromatic rings. The van der Waals surface area contributed by atoms with Gasteiger partial charge in [0.1, 0.15) is 5.37 Å². The third-order valence-corrected chi connectivity index (χ3v) is 5.43. The smallest absolute Gasteiger partial charge is 0.251 e. The average Bonchev–Trinajstić information content (AvgIpc) is 2.97. The summed E-state index contributed by atoms with van der Waals surface area (Å²) in [5, 5.41) is 3.25. The summed E-state index contributed by atoms with van der Waals surface area (Å²) in [6.07, 6.45) is 0. The molecule has 2 aromatic carbocycles. The van der Waals surface area contributed by atoms with E-state index in [1.165, 1.54) is 0 Å². The minimum Gasteiger partial charge on any atom is -0.355 e. The Morgan fingerprint density at radius 1 is 1.21 bits per heavy atom. The number of benzene rings is 2. The molecule has 1 fully saturated rings. The number of hydrogen-bond donors (Lipinski definition) is 1. The second-order valence-electron chi connectivity index (χ2n) is 5.51. The number of amides is 2. The van der Waals surface area contributed by atoms with Crippen LogP contribution in [0.4, 0.5) is 0 Å². The molecule has 0 unspecified atom stereocenters. The normalized spacial score (nSPS) is 17.2. The first-order valence-corrected chi connectivity index (χ1v) is 8.98. The van der Waals surface area contributed by atoms with Crippen molar-refractivity contribution in [2.24, 2.45) is 0 Å². The van der Waals surface area contributed by atoms with Crippen LogP contribution in [0.15, 0.2) is 48.5 Å². The topological polar surface area (TPSA) is 49.4 Å². The lowest BCUT2D eigenvalue weighted by Crippen LogP contribution is -2.27. The van der Waals surface area contributed by atoms with Crippen LogP contribution in [0.25, 0.3) is 0 Å². The molecule has 24 heavy (non-hydrogen) atoms. The van der Waals surface area contributed by atoms with Gasteiger partial charge in [0.15, 0.2) is 0 Å². The number of carbonyl (C=O) groups is 2. The molecule has 1 atom stereocenters. The Balaban J connectivity index is 1.79. The molecule has 3 rings (SSSR count). The van der Waals surface area contributed by atoms with Gasteiger partial charge in [0, 0.05) is 24.2 Å². The molecule has 4 nitrogen and oxygen atoms in total. The summed E-state index contributed by atoms with van der Waals surface area (Å²) >= 11 is 7.52. The highest BCUT2D eigenvalue weighted by Crippen LogP contribution is 2.39. The number of carbonyl (C=O) groups excluding carboxylic acids is 2. The molecule has 1 saturated heterocycles. The Morgan fingerprint density at radius 3 is 2.50 bits per heavy atom. The Hall–Kier alpha value is -1.98. The quantitative estimate of drug-likeness (QED) is 0.908. The van der Waals surface area contributed by atoms with Gasteiger partial charge in [-0.05, 0) is 35.4 Å². The Kier molecular flexibility index (Phi) is 5.11. The van der Waals surface area contributed by atoms with E-state index in [-0.39, 0.29) is 17.2 Å². The van der Waals surface area contributed by atoms with Crippen molar-refractivity contribution in [1.29, 1.82) is 0 Å². The molecule has 0 aromatic heterocycles. The maximum Gasteiger partial charge on any atom is 0.251 e. The predicted octanol–water partition coefficient (Wildman–Crippen LogP) is 3.47. The lowest BCUT2D eigenvalue weighted by Gasteiger charge is -2.24. The van der Waals surface area contributed by atoms with Crippen molar-refractivity contribution in [3.63, 3.8) is 0 Å². The van der Waals surface area contributed by atoms with E-state index in [1.807, 2.05) is 41.3 Å². The molecular formula is C18H17ClN2O2S. The summed E-state index contributed by atoms with van der Waals surface area (Å²) in [5.74, 6) is 0.472. The van der Waals surface area contributed by atoms with Gasteiger partial charge in [0.2, 0.25) is 5.91 Å². The van der Waals surface area contributed by atoms with Crippen LogP contribution in [-0.4, -0.2) is 29.5 Å². The van der Waals surface area contributed by atoms with E-state index in [9.17, 15) is 9.59 Å². The molecule has 0 radical (unpaired) electrons. The first-order valence-electron chi connectivity index (χ1n) is 7.56. The molecule has 124 valence electrons. The van der Waals surface area contributed by atoms with E-state index in [0.717, 1.165) is 11.1 Å². The van der Waals surface area contributed by atoms with Gasteiger partial charge in [-0.15, -0.1) is 11.8 Å². The summed E-state index contributed by atoms with van der Waals surface area (Å²) in [5.41, 5.74) is 2.68. The van der Waals surface area contributed by atoms with Gasteiger partial charge in [-0.3, -0.25) is 9.59 Å². The summed E-state index contributed by atoms with van der Waals surface area (Å²) in [6, 6.07) is 14.9. The second-order valence-corrected chi connectivity index (χ2v) is 7.02. The standard InChI is InChI=1S/C18H17ClN2O2S/c1-20-17(23)13-4-6-14(7-5-13)18-21(16(22)11-24-18)10-12-2-8-15(19)9-3-12/h2-9,18H,10-11H2,1H3,(H,20,23)/t18-/m1/s1. The first kappa shape index (κ1) is 16.9. The van der Waals surface area contributed by atoms with E-state index in [1.54, 1.807) is 30.9 Å². The Morgan fingerprint density at radius 2 is 1.88 bits per heavy atom. The van der Waals surface area contributed by atoms with E-state index < -0.39 is 0 Å². The molecule has 1 N–H and O–H groups in total. The third kappa shape index (κ3) is 3.57. The molecule has 0 saturated carbocycles. The van der Waals surface area contributed by atoms with Crippen molar-refractivity contribution in [1.82, 2.24) is 10.2 Å². The van der Waals surface area contributed by atoms with Gasteiger partial charge >= 0.3 is 0 Å². The lowest BCUT2D eigenvalue weighted by atomic mass is 10.1. The number of thioether (sulfide) groups is 1. The summed E-state index contributed by atoms with van der Waals surface area (Å²) < 4.78 is 0. The van der Waals surface area contributed by atoms with E-state index in [4.69, 9.17) is 11.6 Å². The van der Waals surface area contributed by atoms with Crippen LogP contribution in [0, 0.1) is 0 Å². The fourth-order valence-corrected chi connectivity index (χ4v) is 3.95. The highest BCUT2D eigenvalue weighted by molar-refractivity contribution is 8.00. The van der Waals surface area contributed by atoms with Gasteiger partial charge in [0.25, 0.3) is 5.91 Å². The molecular weight excluding hydrogens is 344 g/mol.